The first kappa shape index (κ1) is 21.7. The summed E-state index contributed by atoms with van der Waals surface area (Å²) in [6.07, 6.45) is 4.86. The van der Waals surface area contributed by atoms with Crippen LogP contribution in [0.25, 0.3) is 0 Å². The van der Waals surface area contributed by atoms with E-state index in [0.717, 1.165) is 36.4 Å². The highest BCUT2D eigenvalue weighted by Crippen LogP contribution is 2.33. The van der Waals surface area contributed by atoms with Crippen molar-refractivity contribution < 1.29 is 18.7 Å². The minimum Gasteiger partial charge on any atom is -0.467 e. The average molecular weight is 412 g/mol. The SMILES string of the molecule is Cc1cc(C(=O)O[C@@H](C)C(=O)N(C)C2(C#N)CCCCC2)c(C)n1Cc1ccco1. The number of carbonyl (C=O) groups is 2. The molecule has 1 aliphatic carbocycles. The van der Waals surface area contributed by atoms with Gasteiger partial charge < -0.3 is 18.6 Å². The number of carbonyl (C=O) groups excluding carboxylic acids is 2. The highest BCUT2D eigenvalue weighted by molar-refractivity contribution is 5.93. The quantitative estimate of drug-likeness (QED) is 0.671. The van der Waals surface area contributed by atoms with Crippen LogP contribution in [0, 0.1) is 25.2 Å². The summed E-state index contributed by atoms with van der Waals surface area (Å²) in [6.45, 7) is 5.83. The molecule has 0 N–H and O–H groups in total. The molecule has 160 valence electrons. The molecular weight excluding hydrogens is 382 g/mol. The van der Waals surface area contributed by atoms with Crippen LogP contribution in [0.5, 0.6) is 0 Å². The van der Waals surface area contributed by atoms with Gasteiger partial charge in [-0.2, -0.15) is 5.26 Å². The van der Waals surface area contributed by atoms with Crippen molar-refractivity contribution in [2.45, 2.75) is 71.1 Å². The fourth-order valence-electron chi connectivity index (χ4n) is 4.23. The lowest BCUT2D eigenvalue weighted by atomic mass is 9.81. The van der Waals surface area contributed by atoms with Crippen molar-refractivity contribution in [3.8, 4) is 6.07 Å². The van der Waals surface area contributed by atoms with E-state index in [-0.39, 0.29) is 5.91 Å². The number of hydrogen-bond acceptors (Lipinski definition) is 5. The predicted molar refractivity (Wildman–Crippen MR) is 111 cm³/mol. The molecule has 1 amide bonds. The van der Waals surface area contributed by atoms with Gasteiger partial charge in [0.2, 0.25) is 0 Å². The van der Waals surface area contributed by atoms with Crippen molar-refractivity contribution in [2.24, 2.45) is 0 Å². The van der Waals surface area contributed by atoms with Gasteiger partial charge in [-0.25, -0.2) is 4.79 Å². The Labute approximate surface area is 177 Å². The van der Waals surface area contributed by atoms with Crippen molar-refractivity contribution in [3.05, 3.63) is 47.2 Å². The molecule has 1 aliphatic rings. The van der Waals surface area contributed by atoms with Crippen LogP contribution in [0.3, 0.4) is 0 Å². The maximum atomic E-state index is 12.9. The summed E-state index contributed by atoms with van der Waals surface area (Å²) in [5.74, 6) is -0.106. The van der Waals surface area contributed by atoms with E-state index in [1.54, 1.807) is 26.3 Å². The summed E-state index contributed by atoms with van der Waals surface area (Å²) < 4.78 is 12.9. The number of likely N-dealkylation sites (N-methyl/N-ethyl adjacent to an activating group) is 1. The average Bonchev–Trinajstić information content (AvgIpc) is 3.36. The van der Waals surface area contributed by atoms with Gasteiger partial charge in [0.05, 0.1) is 24.4 Å². The van der Waals surface area contributed by atoms with E-state index in [0.29, 0.717) is 24.9 Å². The molecule has 0 radical (unpaired) electrons. The normalized spacial score (nSPS) is 16.5. The number of esters is 1. The largest absolute Gasteiger partial charge is 0.467 e. The molecule has 1 atom stereocenters. The molecule has 2 aromatic heterocycles. The van der Waals surface area contributed by atoms with Crippen LogP contribution in [0.15, 0.2) is 28.9 Å². The van der Waals surface area contributed by atoms with E-state index in [4.69, 9.17) is 9.15 Å². The van der Waals surface area contributed by atoms with Gasteiger partial charge in [-0.3, -0.25) is 4.79 Å². The van der Waals surface area contributed by atoms with Gasteiger partial charge in [-0.1, -0.05) is 19.3 Å². The molecule has 2 heterocycles. The first-order valence-electron chi connectivity index (χ1n) is 10.4. The lowest BCUT2D eigenvalue weighted by molar-refractivity contribution is -0.143. The minimum absolute atomic E-state index is 0.351. The van der Waals surface area contributed by atoms with Gasteiger partial charge in [-0.05, 0) is 51.8 Å². The number of aryl methyl sites for hydroxylation is 1. The van der Waals surface area contributed by atoms with E-state index in [1.807, 2.05) is 30.5 Å². The van der Waals surface area contributed by atoms with Crippen LogP contribution >= 0.6 is 0 Å². The number of rotatable bonds is 6. The maximum Gasteiger partial charge on any atom is 0.340 e. The molecule has 2 aromatic rings. The Morgan fingerprint density at radius 2 is 2.03 bits per heavy atom. The number of nitriles is 1. The van der Waals surface area contributed by atoms with Crippen LogP contribution in [0.1, 0.15) is 66.5 Å². The summed E-state index contributed by atoms with van der Waals surface area (Å²) in [7, 11) is 1.64. The topological polar surface area (TPSA) is 88.5 Å². The lowest BCUT2D eigenvalue weighted by Gasteiger charge is -2.39. The van der Waals surface area contributed by atoms with Gasteiger partial charge in [0, 0.05) is 18.4 Å². The van der Waals surface area contributed by atoms with E-state index in [9.17, 15) is 14.9 Å². The number of nitrogens with zero attached hydrogens (tertiary/aromatic N) is 3. The Morgan fingerprint density at radius 3 is 2.63 bits per heavy atom. The van der Waals surface area contributed by atoms with E-state index in [2.05, 4.69) is 6.07 Å². The second-order valence-electron chi connectivity index (χ2n) is 8.10. The van der Waals surface area contributed by atoms with Gasteiger partial charge in [0.25, 0.3) is 5.91 Å². The van der Waals surface area contributed by atoms with Crippen LogP contribution < -0.4 is 0 Å². The van der Waals surface area contributed by atoms with E-state index < -0.39 is 17.6 Å². The Bertz CT molecular complexity index is 946. The Hall–Kier alpha value is -3.01. The molecule has 7 heteroatoms. The minimum atomic E-state index is -0.970. The molecule has 0 saturated heterocycles. The zero-order chi connectivity index (χ0) is 21.9. The Kier molecular flexibility index (Phi) is 6.35. The zero-order valence-corrected chi connectivity index (χ0v) is 18.1. The predicted octanol–water partition coefficient (Wildman–Crippen LogP) is 3.98. The van der Waals surface area contributed by atoms with Gasteiger partial charge in [0.15, 0.2) is 6.10 Å². The fourth-order valence-corrected chi connectivity index (χ4v) is 4.23. The number of aromatic nitrogens is 1. The van der Waals surface area contributed by atoms with E-state index in [1.165, 1.54) is 4.90 Å². The second-order valence-corrected chi connectivity index (χ2v) is 8.10. The molecule has 1 saturated carbocycles. The molecule has 30 heavy (non-hydrogen) atoms. The van der Waals surface area contributed by atoms with Crippen molar-refractivity contribution in [1.29, 1.82) is 5.26 Å². The zero-order valence-electron chi connectivity index (χ0n) is 18.1. The van der Waals surface area contributed by atoms with E-state index >= 15 is 0 Å². The highest BCUT2D eigenvalue weighted by atomic mass is 16.5. The van der Waals surface area contributed by atoms with Gasteiger partial charge in [0.1, 0.15) is 11.3 Å². The fraction of sp³-hybridized carbons (Fsp3) is 0.522. The summed E-state index contributed by atoms with van der Waals surface area (Å²) in [4.78, 5) is 27.2. The van der Waals surface area contributed by atoms with Gasteiger partial charge >= 0.3 is 5.97 Å². The Balaban J connectivity index is 1.71. The maximum absolute atomic E-state index is 12.9. The monoisotopic (exact) mass is 411 g/mol. The number of furan rings is 1. The molecule has 0 aliphatic heterocycles. The Morgan fingerprint density at radius 1 is 1.33 bits per heavy atom. The molecule has 7 nitrogen and oxygen atoms in total. The molecular formula is C23H29N3O4. The molecule has 3 rings (SSSR count). The number of amides is 1. The number of hydrogen-bond donors (Lipinski definition) is 0. The summed E-state index contributed by atoms with van der Waals surface area (Å²) in [5, 5.41) is 9.72. The summed E-state index contributed by atoms with van der Waals surface area (Å²) in [6, 6.07) is 7.80. The third-order valence-electron chi connectivity index (χ3n) is 6.18. The van der Waals surface area contributed by atoms with Crippen molar-refractivity contribution in [1.82, 2.24) is 9.47 Å². The smallest absolute Gasteiger partial charge is 0.340 e. The first-order valence-corrected chi connectivity index (χ1v) is 10.4. The first-order chi connectivity index (χ1) is 14.3. The summed E-state index contributed by atoms with van der Waals surface area (Å²) in [5.41, 5.74) is 1.27. The van der Waals surface area contributed by atoms with Crippen LogP contribution in [-0.4, -0.2) is 40.0 Å². The second kappa shape index (κ2) is 8.78. The lowest BCUT2D eigenvalue weighted by Crippen LogP contribution is -2.53. The van der Waals surface area contributed by atoms with Gasteiger partial charge in [-0.15, -0.1) is 0 Å². The van der Waals surface area contributed by atoms with Crippen LogP contribution in [0.4, 0.5) is 0 Å². The molecule has 0 unspecified atom stereocenters. The molecule has 1 fully saturated rings. The van der Waals surface area contributed by atoms with Crippen LogP contribution in [-0.2, 0) is 16.1 Å². The number of ether oxygens (including phenoxy) is 1. The van der Waals surface area contributed by atoms with Crippen molar-refractivity contribution in [2.75, 3.05) is 7.05 Å². The molecule has 0 bridgehead atoms. The highest BCUT2D eigenvalue weighted by Gasteiger charge is 2.41. The summed E-state index contributed by atoms with van der Waals surface area (Å²) >= 11 is 0. The standard InChI is InChI=1S/C23H29N3O4/c1-16-13-20(17(2)26(16)14-19-9-8-12-29-19)22(28)30-18(3)21(27)25(4)23(15-24)10-6-5-7-11-23/h8-9,12-13,18H,5-7,10-11,14H2,1-4H3/t18-/m0/s1. The molecule has 0 aromatic carbocycles. The third-order valence-corrected chi connectivity index (χ3v) is 6.18. The van der Waals surface area contributed by atoms with Crippen molar-refractivity contribution in [3.63, 3.8) is 0 Å². The molecule has 0 spiro atoms. The third kappa shape index (κ3) is 4.13. The van der Waals surface area contributed by atoms with Crippen LogP contribution in [0.2, 0.25) is 0 Å². The van der Waals surface area contributed by atoms with Crippen molar-refractivity contribution >= 4 is 11.9 Å².